The summed E-state index contributed by atoms with van der Waals surface area (Å²) in [5.41, 5.74) is 9.07. The second kappa shape index (κ2) is 6.61. The van der Waals surface area contributed by atoms with E-state index in [0.717, 1.165) is 16.9 Å². The van der Waals surface area contributed by atoms with E-state index in [1.807, 2.05) is 67.5 Å². The van der Waals surface area contributed by atoms with Crippen molar-refractivity contribution in [3.8, 4) is 0 Å². The number of amides is 1. The third-order valence-electron chi connectivity index (χ3n) is 2.97. The predicted octanol–water partition coefficient (Wildman–Crippen LogP) is 2.99. The molecule has 4 heteroatoms. The Morgan fingerprint density at radius 3 is 2.62 bits per heavy atom. The molecule has 0 radical (unpaired) electrons. The Bertz CT molecular complexity index is 663. The van der Waals surface area contributed by atoms with Gasteiger partial charge < -0.3 is 16.0 Å². The summed E-state index contributed by atoms with van der Waals surface area (Å²) >= 11 is 0. The van der Waals surface area contributed by atoms with E-state index in [4.69, 9.17) is 5.73 Å². The lowest BCUT2D eigenvalue weighted by atomic mass is 10.2. The van der Waals surface area contributed by atoms with Crippen LogP contribution < -0.4 is 16.0 Å². The third-order valence-corrected chi connectivity index (χ3v) is 2.97. The molecule has 2 aromatic rings. The first-order valence-electron chi connectivity index (χ1n) is 6.66. The van der Waals surface area contributed by atoms with Gasteiger partial charge in [-0.1, -0.05) is 18.2 Å². The lowest BCUT2D eigenvalue weighted by molar-refractivity contribution is -0.111. The van der Waals surface area contributed by atoms with E-state index < -0.39 is 0 Å². The van der Waals surface area contributed by atoms with Crippen LogP contribution >= 0.6 is 0 Å². The number of nitrogens with one attached hydrogen (secondary N) is 1. The number of hydrogen-bond donors (Lipinski definition) is 2. The zero-order chi connectivity index (χ0) is 15.2. The van der Waals surface area contributed by atoms with Crippen molar-refractivity contribution in [2.45, 2.75) is 0 Å². The van der Waals surface area contributed by atoms with Crippen LogP contribution in [0, 0.1) is 0 Å². The zero-order valence-electron chi connectivity index (χ0n) is 12.2. The van der Waals surface area contributed by atoms with Crippen molar-refractivity contribution in [2.24, 2.45) is 0 Å². The smallest absolute Gasteiger partial charge is 0.248 e. The minimum Gasteiger partial charge on any atom is -0.399 e. The van der Waals surface area contributed by atoms with Crippen LogP contribution in [0.3, 0.4) is 0 Å². The summed E-state index contributed by atoms with van der Waals surface area (Å²) in [4.78, 5) is 13.9. The number of benzene rings is 2. The first-order chi connectivity index (χ1) is 10.0. The van der Waals surface area contributed by atoms with Gasteiger partial charge in [-0.05, 0) is 42.0 Å². The van der Waals surface area contributed by atoms with E-state index in [-0.39, 0.29) is 5.91 Å². The molecule has 108 valence electrons. The molecule has 0 unspecified atom stereocenters. The van der Waals surface area contributed by atoms with Crippen molar-refractivity contribution in [3.63, 3.8) is 0 Å². The van der Waals surface area contributed by atoms with Crippen LogP contribution in [0.15, 0.2) is 54.6 Å². The van der Waals surface area contributed by atoms with Crippen LogP contribution in [-0.4, -0.2) is 20.0 Å². The largest absolute Gasteiger partial charge is 0.399 e. The van der Waals surface area contributed by atoms with Gasteiger partial charge in [0.2, 0.25) is 5.91 Å². The minimum atomic E-state index is -0.173. The van der Waals surface area contributed by atoms with Gasteiger partial charge in [0, 0.05) is 37.2 Å². The highest BCUT2D eigenvalue weighted by atomic mass is 16.1. The fourth-order valence-corrected chi connectivity index (χ4v) is 1.88. The van der Waals surface area contributed by atoms with E-state index in [1.54, 1.807) is 6.08 Å². The molecule has 0 spiro atoms. The third kappa shape index (κ3) is 4.38. The van der Waals surface area contributed by atoms with Crippen molar-refractivity contribution in [3.05, 3.63) is 60.2 Å². The van der Waals surface area contributed by atoms with Gasteiger partial charge in [0.05, 0.1) is 0 Å². The molecular weight excluding hydrogens is 262 g/mol. The average molecular weight is 281 g/mol. The Kier molecular flexibility index (Phi) is 4.61. The summed E-state index contributed by atoms with van der Waals surface area (Å²) in [6, 6.07) is 15.1. The van der Waals surface area contributed by atoms with Gasteiger partial charge in [-0.25, -0.2) is 0 Å². The molecule has 0 saturated carbocycles. The van der Waals surface area contributed by atoms with Gasteiger partial charge in [0.15, 0.2) is 0 Å². The Morgan fingerprint density at radius 1 is 1.14 bits per heavy atom. The van der Waals surface area contributed by atoms with E-state index in [1.165, 1.54) is 6.08 Å². The highest BCUT2D eigenvalue weighted by molar-refractivity contribution is 6.02. The molecule has 0 aliphatic carbocycles. The maximum absolute atomic E-state index is 11.9. The first-order valence-corrected chi connectivity index (χ1v) is 6.66. The van der Waals surface area contributed by atoms with Gasteiger partial charge in [-0.2, -0.15) is 0 Å². The fraction of sp³-hybridized carbons (Fsp3) is 0.118. The Hall–Kier alpha value is -2.75. The van der Waals surface area contributed by atoms with E-state index in [2.05, 4.69) is 5.32 Å². The van der Waals surface area contributed by atoms with E-state index in [0.29, 0.717) is 5.69 Å². The van der Waals surface area contributed by atoms with E-state index >= 15 is 0 Å². The highest BCUT2D eigenvalue weighted by Gasteiger charge is 2.00. The molecule has 2 aromatic carbocycles. The fourth-order valence-electron chi connectivity index (χ4n) is 1.88. The van der Waals surface area contributed by atoms with Crippen LogP contribution in [0.4, 0.5) is 17.1 Å². The average Bonchev–Trinajstić information content (AvgIpc) is 2.45. The SMILES string of the molecule is CN(C)c1cccc(NC(=O)/C=C/c2cccc(N)c2)c1. The Labute approximate surface area is 124 Å². The number of carbonyl (C=O) groups is 1. The highest BCUT2D eigenvalue weighted by Crippen LogP contribution is 2.17. The number of rotatable bonds is 4. The summed E-state index contributed by atoms with van der Waals surface area (Å²) in [7, 11) is 3.92. The van der Waals surface area contributed by atoms with Crippen LogP contribution in [0.1, 0.15) is 5.56 Å². The van der Waals surface area contributed by atoms with Crippen molar-refractivity contribution >= 4 is 29.0 Å². The number of hydrogen-bond acceptors (Lipinski definition) is 3. The molecule has 0 aromatic heterocycles. The molecular formula is C17H19N3O. The molecule has 0 saturated heterocycles. The number of nitrogens with two attached hydrogens (primary N) is 1. The molecule has 0 atom stereocenters. The van der Waals surface area contributed by atoms with Crippen LogP contribution in [0.25, 0.3) is 6.08 Å². The maximum atomic E-state index is 11.9. The standard InChI is InChI=1S/C17H19N3O/c1-20(2)16-8-4-7-15(12-16)19-17(21)10-9-13-5-3-6-14(18)11-13/h3-12H,18H2,1-2H3,(H,19,21)/b10-9+. The van der Waals surface area contributed by atoms with Crippen LogP contribution in [0.2, 0.25) is 0 Å². The summed E-state index contributed by atoms with van der Waals surface area (Å²) in [6.45, 7) is 0. The second-order valence-corrected chi connectivity index (χ2v) is 4.94. The molecule has 0 aliphatic rings. The molecule has 0 heterocycles. The molecule has 4 nitrogen and oxygen atoms in total. The van der Waals surface area contributed by atoms with E-state index in [9.17, 15) is 4.79 Å². The normalized spacial score (nSPS) is 10.6. The summed E-state index contributed by atoms with van der Waals surface area (Å²) < 4.78 is 0. The molecule has 21 heavy (non-hydrogen) atoms. The number of carbonyl (C=O) groups excluding carboxylic acids is 1. The van der Waals surface area contributed by atoms with Crippen molar-refractivity contribution < 1.29 is 4.79 Å². The summed E-state index contributed by atoms with van der Waals surface area (Å²) in [5, 5.41) is 2.84. The Balaban J connectivity index is 2.03. The zero-order valence-corrected chi connectivity index (χ0v) is 12.2. The monoisotopic (exact) mass is 281 g/mol. The Morgan fingerprint density at radius 2 is 1.90 bits per heavy atom. The summed E-state index contributed by atoms with van der Waals surface area (Å²) in [6.07, 6.45) is 3.23. The number of nitrogen functional groups attached to an aromatic ring is 1. The number of anilines is 3. The number of nitrogens with zero attached hydrogens (tertiary/aromatic N) is 1. The molecule has 0 fully saturated rings. The molecule has 2 rings (SSSR count). The topological polar surface area (TPSA) is 58.4 Å². The van der Waals surface area contributed by atoms with Crippen LogP contribution in [0.5, 0.6) is 0 Å². The second-order valence-electron chi connectivity index (χ2n) is 4.94. The van der Waals surface area contributed by atoms with Crippen LogP contribution in [-0.2, 0) is 4.79 Å². The quantitative estimate of drug-likeness (QED) is 0.669. The van der Waals surface area contributed by atoms with Gasteiger partial charge in [0.1, 0.15) is 0 Å². The van der Waals surface area contributed by atoms with Crippen molar-refractivity contribution in [1.82, 2.24) is 0 Å². The van der Waals surface area contributed by atoms with Gasteiger partial charge >= 0.3 is 0 Å². The first kappa shape index (κ1) is 14.7. The van der Waals surface area contributed by atoms with Gasteiger partial charge in [-0.15, -0.1) is 0 Å². The lowest BCUT2D eigenvalue weighted by Crippen LogP contribution is -2.11. The van der Waals surface area contributed by atoms with Crippen molar-refractivity contribution in [1.29, 1.82) is 0 Å². The predicted molar refractivity (Wildman–Crippen MR) is 89.3 cm³/mol. The van der Waals surface area contributed by atoms with Crippen molar-refractivity contribution in [2.75, 3.05) is 30.0 Å². The molecule has 0 bridgehead atoms. The summed E-state index contributed by atoms with van der Waals surface area (Å²) in [5.74, 6) is -0.173. The molecule has 3 N–H and O–H groups in total. The van der Waals surface area contributed by atoms with Gasteiger partial charge in [-0.3, -0.25) is 4.79 Å². The molecule has 0 aliphatic heterocycles. The lowest BCUT2D eigenvalue weighted by Gasteiger charge is -2.13. The molecule has 1 amide bonds. The van der Waals surface area contributed by atoms with Gasteiger partial charge in [0.25, 0.3) is 0 Å². The maximum Gasteiger partial charge on any atom is 0.248 e. The minimum absolute atomic E-state index is 0.173.